The van der Waals surface area contributed by atoms with E-state index in [1.807, 2.05) is 61.5 Å². The van der Waals surface area contributed by atoms with E-state index in [-0.39, 0.29) is 18.9 Å². The van der Waals surface area contributed by atoms with Gasteiger partial charge in [0.2, 0.25) is 5.75 Å². The summed E-state index contributed by atoms with van der Waals surface area (Å²) in [4.78, 5) is 27.2. The minimum absolute atomic E-state index is 0.0485. The third kappa shape index (κ3) is 6.28. The van der Waals surface area contributed by atoms with Crippen molar-refractivity contribution in [3.8, 4) is 17.2 Å². The van der Waals surface area contributed by atoms with Crippen LogP contribution >= 0.6 is 0 Å². The van der Waals surface area contributed by atoms with Gasteiger partial charge < -0.3 is 23.8 Å². The Hall–Kier alpha value is -4.00. The molecule has 3 rings (SSSR count). The summed E-state index contributed by atoms with van der Waals surface area (Å²) < 4.78 is 21.3. The molecule has 0 spiro atoms. The number of ether oxygens (including phenoxy) is 4. The van der Waals surface area contributed by atoms with Crippen LogP contribution in [0.1, 0.15) is 16.7 Å². The number of esters is 1. The van der Waals surface area contributed by atoms with Gasteiger partial charge in [0.05, 0.1) is 34.3 Å². The second-order valence-electron chi connectivity index (χ2n) is 7.68. The highest BCUT2D eigenvalue weighted by Gasteiger charge is 2.20. The highest BCUT2D eigenvalue weighted by molar-refractivity contribution is 5.95. The average molecular weight is 464 g/mol. The van der Waals surface area contributed by atoms with Gasteiger partial charge in [-0.15, -0.1) is 0 Å². The SMILES string of the molecule is COc1cc(CC(=O)OCC(=O)N(Cc2ccccc2)c2cccc(C)c2)cc(OC)c1OC. The first-order valence-corrected chi connectivity index (χ1v) is 10.8. The second kappa shape index (κ2) is 11.7. The molecule has 0 radical (unpaired) electrons. The summed E-state index contributed by atoms with van der Waals surface area (Å²) >= 11 is 0. The predicted octanol–water partition coefficient (Wildman–Crippen LogP) is 4.34. The molecule has 0 aromatic heterocycles. The molecule has 0 bridgehead atoms. The molecule has 0 atom stereocenters. The van der Waals surface area contributed by atoms with Gasteiger partial charge in [0.15, 0.2) is 18.1 Å². The van der Waals surface area contributed by atoms with Crippen LogP contribution in [0.2, 0.25) is 0 Å². The monoisotopic (exact) mass is 463 g/mol. The number of rotatable bonds is 10. The first-order chi connectivity index (χ1) is 16.4. The maximum atomic E-state index is 13.1. The molecule has 3 aromatic carbocycles. The number of hydrogen-bond donors (Lipinski definition) is 0. The predicted molar refractivity (Wildman–Crippen MR) is 130 cm³/mol. The van der Waals surface area contributed by atoms with Gasteiger partial charge in [-0.1, -0.05) is 42.5 Å². The number of nitrogens with zero attached hydrogens (tertiary/aromatic N) is 1. The van der Waals surface area contributed by atoms with Crippen LogP contribution in [0, 0.1) is 6.92 Å². The van der Waals surface area contributed by atoms with Gasteiger partial charge >= 0.3 is 5.97 Å². The number of anilines is 1. The first kappa shape index (κ1) is 24.6. The third-order valence-electron chi connectivity index (χ3n) is 5.23. The molecular formula is C27H29NO6. The van der Waals surface area contributed by atoms with Gasteiger partial charge in [0.1, 0.15) is 0 Å². The number of aryl methyl sites for hydroxylation is 1. The molecule has 0 fully saturated rings. The van der Waals surface area contributed by atoms with E-state index in [4.69, 9.17) is 18.9 Å². The van der Waals surface area contributed by atoms with E-state index in [2.05, 4.69) is 0 Å². The molecule has 0 heterocycles. The Bertz CT molecular complexity index is 1100. The van der Waals surface area contributed by atoms with Gasteiger partial charge in [-0.2, -0.15) is 0 Å². The largest absolute Gasteiger partial charge is 0.493 e. The average Bonchev–Trinajstić information content (AvgIpc) is 2.85. The van der Waals surface area contributed by atoms with E-state index in [1.165, 1.54) is 21.3 Å². The summed E-state index contributed by atoms with van der Waals surface area (Å²) in [5.41, 5.74) is 3.37. The summed E-state index contributed by atoms with van der Waals surface area (Å²) in [5, 5.41) is 0. The van der Waals surface area contributed by atoms with Crippen LogP contribution in [-0.2, 0) is 27.3 Å². The fourth-order valence-corrected chi connectivity index (χ4v) is 3.56. The van der Waals surface area contributed by atoms with Gasteiger partial charge in [-0.25, -0.2) is 0 Å². The van der Waals surface area contributed by atoms with Crippen molar-refractivity contribution in [1.82, 2.24) is 0 Å². The van der Waals surface area contributed by atoms with Gasteiger partial charge in [-0.3, -0.25) is 9.59 Å². The molecule has 0 N–H and O–H groups in total. The number of amides is 1. The minimum Gasteiger partial charge on any atom is -0.493 e. The van der Waals surface area contributed by atoms with Crippen molar-refractivity contribution in [3.05, 3.63) is 83.4 Å². The molecule has 1 amide bonds. The fraction of sp³-hybridized carbons (Fsp3) is 0.259. The lowest BCUT2D eigenvalue weighted by atomic mass is 10.1. The second-order valence-corrected chi connectivity index (χ2v) is 7.68. The maximum absolute atomic E-state index is 13.1. The highest BCUT2D eigenvalue weighted by atomic mass is 16.5. The summed E-state index contributed by atoms with van der Waals surface area (Å²) in [5.74, 6) is 0.467. The van der Waals surface area contributed by atoms with Crippen LogP contribution in [0.15, 0.2) is 66.7 Å². The van der Waals surface area contributed by atoms with Crippen LogP contribution in [-0.4, -0.2) is 39.8 Å². The quantitative estimate of drug-likeness (QED) is 0.417. The van der Waals surface area contributed by atoms with E-state index < -0.39 is 5.97 Å². The van der Waals surface area contributed by atoms with E-state index >= 15 is 0 Å². The van der Waals surface area contributed by atoms with Crippen molar-refractivity contribution in [2.24, 2.45) is 0 Å². The first-order valence-electron chi connectivity index (χ1n) is 10.8. The molecule has 3 aromatic rings. The Morgan fingerprint density at radius 2 is 1.47 bits per heavy atom. The van der Waals surface area contributed by atoms with Crippen molar-refractivity contribution >= 4 is 17.6 Å². The Morgan fingerprint density at radius 3 is 2.06 bits per heavy atom. The van der Waals surface area contributed by atoms with Crippen LogP contribution in [0.4, 0.5) is 5.69 Å². The van der Waals surface area contributed by atoms with Gasteiger partial charge in [-0.05, 0) is 47.9 Å². The molecule has 7 nitrogen and oxygen atoms in total. The lowest BCUT2D eigenvalue weighted by Crippen LogP contribution is -2.34. The van der Waals surface area contributed by atoms with Crippen molar-refractivity contribution in [1.29, 1.82) is 0 Å². The lowest BCUT2D eigenvalue weighted by molar-refractivity contribution is -0.147. The highest BCUT2D eigenvalue weighted by Crippen LogP contribution is 2.38. The zero-order valence-electron chi connectivity index (χ0n) is 19.9. The maximum Gasteiger partial charge on any atom is 0.310 e. The number of carbonyl (C=O) groups is 2. The zero-order valence-corrected chi connectivity index (χ0v) is 19.9. The summed E-state index contributed by atoms with van der Waals surface area (Å²) in [6, 6.07) is 20.7. The smallest absolute Gasteiger partial charge is 0.310 e. The van der Waals surface area contributed by atoms with Crippen LogP contribution in [0.25, 0.3) is 0 Å². The van der Waals surface area contributed by atoms with Crippen molar-refractivity contribution in [3.63, 3.8) is 0 Å². The number of methoxy groups -OCH3 is 3. The summed E-state index contributed by atoms with van der Waals surface area (Å²) in [6.45, 7) is 1.96. The molecule has 0 aliphatic carbocycles. The molecule has 178 valence electrons. The van der Waals surface area contributed by atoms with Crippen molar-refractivity contribution < 1.29 is 28.5 Å². The molecule has 0 saturated carbocycles. The van der Waals surface area contributed by atoms with Crippen LogP contribution in [0.5, 0.6) is 17.2 Å². The molecular weight excluding hydrogens is 434 g/mol. The molecule has 34 heavy (non-hydrogen) atoms. The Morgan fingerprint density at radius 1 is 0.794 bits per heavy atom. The molecule has 0 unspecified atom stereocenters. The molecule has 0 saturated heterocycles. The normalized spacial score (nSPS) is 10.4. The van der Waals surface area contributed by atoms with Crippen molar-refractivity contribution in [2.75, 3.05) is 32.8 Å². The molecule has 0 aliphatic heterocycles. The Labute approximate surface area is 199 Å². The van der Waals surface area contributed by atoms with Crippen molar-refractivity contribution in [2.45, 2.75) is 19.9 Å². The van der Waals surface area contributed by atoms with Crippen LogP contribution < -0.4 is 19.1 Å². The number of carbonyl (C=O) groups excluding carboxylic acids is 2. The summed E-state index contributed by atoms with van der Waals surface area (Å²) in [7, 11) is 4.52. The van der Waals surface area contributed by atoms with Gasteiger partial charge in [0, 0.05) is 5.69 Å². The lowest BCUT2D eigenvalue weighted by Gasteiger charge is -2.23. The van der Waals surface area contributed by atoms with E-state index in [0.717, 1.165) is 16.8 Å². The Balaban J connectivity index is 1.71. The van der Waals surface area contributed by atoms with Gasteiger partial charge in [0.25, 0.3) is 5.91 Å². The van der Waals surface area contributed by atoms with E-state index in [0.29, 0.717) is 29.4 Å². The standard InChI is InChI=1S/C27H29NO6/c1-19-9-8-12-22(13-19)28(17-20-10-6-5-7-11-20)25(29)18-34-26(30)16-21-14-23(31-2)27(33-4)24(15-21)32-3/h5-15H,16-18H2,1-4H3. The summed E-state index contributed by atoms with van der Waals surface area (Å²) in [6.07, 6.45) is -0.0485. The van der Waals surface area contributed by atoms with E-state index in [9.17, 15) is 9.59 Å². The fourth-order valence-electron chi connectivity index (χ4n) is 3.56. The molecule has 7 heteroatoms. The Kier molecular flexibility index (Phi) is 8.51. The molecule has 0 aliphatic rings. The number of benzene rings is 3. The van der Waals surface area contributed by atoms with Crippen LogP contribution in [0.3, 0.4) is 0 Å². The van der Waals surface area contributed by atoms with E-state index in [1.54, 1.807) is 17.0 Å². The third-order valence-corrected chi connectivity index (χ3v) is 5.23. The minimum atomic E-state index is -0.536. The topological polar surface area (TPSA) is 74.3 Å². The zero-order chi connectivity index (χ0) is 24.5. The number of hydrogen-bond acceptors (Lipinski definition) is 6.